The standard InChI is InChI=1S/C18H22N2O3S/c1-12-5-7-13(8-6-12)19-15(22)10-20-16(23)11-24-17(20)9-14(21)18(2,3)4/h5-9H,10-11H2,1-4H3,(H,19,22)/b17-9+. The average Bonchev–Trinajstić information content (AvgIpc) is 2.81. The van der Waals surface area contributed by atoms with Gasteiger partial charge in [0.05, 0.1) is 10.8 Å². The lowest BCUT2D eigenvalue weighted by molar-refractivity contribution is -0.129. The summed E-state index contributed by atoms with van der Waals surface area (Å²) in [5.41, 5.74) is 1.26. The number of nitrogens with one attached hydrogen (secondary N) is 1. The molecule has 0 radical (unpaired) electrons. The van der Waals surface area contributed by atoms with E-state index in [1.54, 1.807) is 0 Å². The fourth-order valence-electron chi connectivity index (χ4n) is 2.01. The molecule has 6 heteroatoms. The Morgan fingerprint density at radius 2 is 1.88 bits per heavy atom. The maximum absolute atomic E-state index is 12.2. The van der Waals surface area contributed by atoms with Crippen LogP contribution >= 0.6 is 11.8 Å². The minimum absolute atomic E-state index is 0.0661. The fourth-order valence-corrected chi connectivity index (χ4v) is 2.95. The van der Waals surface area contributed by atoms with Crippen LogP contribution in [0.5, 0.6) is 0 Å². The second kappa shape index (κ2) is 7.21. The molecule has 1 saturated heterocycles. The maximum Gasteiger partial charge on any atom is 0.244 e. The van der Waals surface area contributed by atoms with Gasteiger partial charge in [-0.3, -0.25) is 19.3 Å². The van der Waals surface area contributed by atoms with Gasteiger partial charge in [0.25, 0.3) is 0 Å². The molecule has 2 rings (SSSR count). The summed E-state index contributed by atoms with van der Waals surface area (Å²) < 4.78 is 0. The number of hydrogen-bond acceptors (Lipinski definition) is 4. The predicted molar refractivity (Wildman–Crippen MR) is 96.5 cm³/mol. The number of anilines is 1. The van der Waals surface area contributed by atoms with E-state index in [1.165, 1.54) is 22.7 Å². The summed E-state index contributed by atoms with van der Waals surface area (Å²) in [6.45, 7) is 7.34. The molecule has 1 heterocycles. The van der Waals surface area contributed by atoms with E-state index in [4.69, 9.17) is 0 Å². The highest BCUT2D eigenvalue weighted by Crippen LogP contribution is 2.30. The van der Waals surface area contributed by atoms with Crippen LogP contribution in [0.1, 0.15) is 26.3 Å². The van der Waals surface area contributed by atoms with Crippen LogP contribution < -0.4 is 5.32 Å². The van der Waals surface area contributed by atoms with E-state index < -0.39 is 5.41 Å². The SMILES string of the molecule is Cc1ccc(NC(=O)CN2C(=O)CS/C2=C/C(=O)C(C)(C)C)cc1. The zero-order valence-corrected chi connectivity index (χ0v) is 15.2. The lowest BCUT2D eigenvalue weighted by Crippen LogP contribution is -2.34. The lowest BCUT2D eigenvalue weighted by Gasteiger charge is -2.19. The Hall–Kier alpha value is -2.08. The van der Waals surface area contributed by atoms with Crippen molar-refractivity contribution in [1.29, 1.82) is 0 Å². The Balaban J connectivity index is 2.06. The molecule has 1 fully saturated rings. The van der Waals surface area contributed by atoms with Gasteiger partial charge < -0.3 is 5.32 Å². The van der Waals surface area contributed by atoms with Gasteiger partial charge in [-0.15, -0.1) is 0 Å². The summed E-state index contributed by atoms with van der Waals surface area (Å²) in [4.78, 5) is 37.7. The highest BCUT2D eigenvalue weighted by molar-refractivity contribution is 8.04. The second-order valence-electron chi connectivity index (χ2n) is 6.78. The summed E-state index contributed by atoms with van der Waals surface area (Å²) in [5, 5.41) is 3.31. The zero-order chi connectivity index (χ0) is 17.9. The average molecular weight is 346 g/mol. The summed E-state index contributed by atoms with van der Waals surface area (Å²) in [7, 11) is 0. The Kier molecular flexibility index (Phi) is 5.49. The largest absolute Gasteiger partial charge is 0.325 e. The zero-order valence-electron chi connectivity index (χ0n) is 14.4. The van der Waals surface area contributed by atoms with Crippen LogP contribution in [-0.2, 0) is 14.4 Å². The number of carbonyl (C=O) groups excluding carboxylic acids is 3. The van der Waals surface area contributed by atoms with E-state index in [2.05, 4.69) is 5.32 Å². The van der Waals surface area contributed by atoms with Crippen molar-refractivity contribution in [3.05, 3.63) is 40.9 Å². The lowest BCUT2D eigenvalue weighted by atomic mass is 9.91. The molecule has 1 aromatic carbocycles. The van der Waals surface area contributed by atoms with E-state index in [0.717, 1.165) is 5.56 Å². The van der Waals surface area contributed by atoms with Crippen LogP contribution in [0, 0.1) is 12.3 Å². The number of aryl methyl sites for hydroxylation is 1. The van der Waals surface area contributed by atoms with Crippen molar-refractivity contribution in [3.8, 4) is 0 Å². The minimum Gasteiger partial charge on any atom is -0.325 e. The molecule has 1 N–H and O–H groups in total. The molecule has 0 spiro atoms. The molecule has 0 aliphatic carbocycles. The first-order valence-electron chi connectivity index (χ1n) is 7.72. The van der Waals surface area contributed by atoms with Gasteiger partial charge in [-0.1, -0.05) is 50.2 Å². The van der Waals surface area contributed by atoms with Crippen molar-refractivity contribution < 1.29 is 14.4 Å². The first kappa shape index (κ1) is 18.3. The monoisotopic (exact) mass is 346 g/mol. The van der Waals surface area contributed by atoms with E-state index >= 15 is 0 Å². The number of rotatable bonds is 4. The van der Waals surface area contributed by atoms with Gasteiger partial charge in [0, 0.05) is 17.2 Å². The van der Waals surface area contributed by atoms with Crippen molar-refractivity contribution in [2.45, 2.75) is 27.7 Å². The van der Waals surface area contributed by atoms with Crippen LogP contribution in [0.25, 0.3) is 0 Å². The number of amides is 2. The Morgan fingerprint density at radius 1 is 1.25 bits per heavy atom. The molecule has 1 aliphatic heterocycles. The highest BCUT2D eigenvalue weighted by atomic mass is 32.2. The molecule has 1 aromatic rings. The number of hydrogen-bond donors (Lipinski definition) is 1. The Labute approximate surface area is 146 Å². The van der Waals surface area contributed by atoms with Crippen LogP contribution in [0.4, 0.5) is 5.69 Å². The molecule has 128 valence electrons. The Bertz CT molecular complexity index is 687. The third kappa shape index (κ3) is 4.71. The number of nitrogens with zero attached hydrogens (tertiary/aromatic N) is 1. The number of allylic oxidation sites excluding steroid dienone is 1. The maximum atomic E-state index is 12.2. The third-order valence-corrected chi connectivity index (χ3v) is 4.57. The number of thioether (sulfide) groups is 1. The number of ketones is 1. The van der Waals surface area contributed by atoms with Gasteiger partial charge in [-0.05, 0) is 19.1 Å². The molecule has 0 aromatic heterocycles. The van der Waals surface area contributed by atoms with E-state index in [-0.39, 0.29) is 29.9 Å². The highest BCUT2D eigenvalue weighted by Gasteiger charge is 2.30. The number of carbonyl (C=O) groups is 3. The first-order chi connectivity index (χ1) is 11.2. The molecule has 24 heavy (non-hydrogen) atoms. The van der Waals surface area contributed by atoms with Crippen LogP contribution in [0.2, 0.25) is 0 Å². The van der Waals surface area contributed by atoms with Gasteiger partial charge in [-0.25, -0.2) is 0 Å². The van der Waals surface area contributed by atoms with E-state index in [1.807, 2.05) is 52.0 Å². The van der Waals surface area contributed by atoms with E-state index in [9.17, 15) is 14.4 Å². The summed E-state index contributed by atoms with van der Waals surface area (Å²) >= 11 is 1.29. The van der Waals surface area contributed by atoms with E-state index in [0.29, 0.717) is 10.7 Å². The molecule has 0 bridgehead atoms. The molecule has 5 nitrogen and oxygen atoms in total. The normalized spacial score (nSPS) is 16.6. The smallest absolute Gasteiger partial charge is 0.244 e. The molecular formula is C18H22N2O3S. The van der Waals surface area contributed by atoms with Gasteiger partial charge in [0.2, 0.25) is 11.8 Å². The molecule has 0 unspecified atom stereocenters. The molecule has 0 saturated carbocycles. The summed E-state index contributed by atoms with van der Waals surface area (Å²) in [6, 6.07) is 7.43. The molecule has 0 atom stereocenters. The van der Waals surface area contributed by atoms with Gasteiger partial charge in [-0.2, -0.15) is 0 Å². The topological polar surface area (TPSA) is 66.5 Å². The molecule has 1 aliphatic rings. The number of benzene rings is 1. The van der Waals surface area contributed by atoms with Crippen molar-refractivity contribution in [1.82, 2.24) is 4.90 Å². The summed E-state index contributed by atoms with van der Waals surface area (Å²) in [5.74, 6) is -0.263. The quantitative estimate of drug-likeness (QED) is 0.851. The first-order valence-corrected chi connectivity index (χ1v) is 8.71. The van der Waals surface area contributed by atoms with Crippen LogP contribution in [-0.4, -0.2) is 34.8 Å². The predicted octanol–water partition coefficient (Wildman–Crippen LogP) is 2.97. The molecule has 2 amide bonds. The minimum atomic E-state index is -0.519. The van der Waals surface area contributed by atoms with Gasteiger partial charge in [0.15, 0.2) is 5.78 Å². The van der Waals surface area contributed by atoms with Crippen LogP contribution in [0.3, 0.4) is 0 Å². The third-order valence-electron chi connectivity index (χ3n) is 3.54. The Morgan fingerprint density at radius 3 is 2.46 bits per heavy atom. The van der Waals surface area contributed by atoms with Crippen molar-refractivity contribution in [3.63, 3.8) is 0 Å². The van der Waals surface area contributed by atoms with Gasteiger partial charge >= 0.3 is 0 Å². The molecular weight excluding hydrogens is 324 g/mol. The van der Waals surface area contributed by atoms with Crippen LogP contribution in [0.15, 0.2) is 35.4 Å². The van der Waals surface area contributed by atoms with Gasteiger partial charge in [0.1, 0.15) is 6.54 Å². The van der Waals surface area contributed by atoms with Crippen molar-refractivity contribution in [2.24, 2.45) is 5.41 Å². The fraction of sp³-hybridized carbons (Fsp3) is 0.389. The summed E-state index contributed by atoms with van der Waals surface area (Å²) in [6.07, 6.45) is 1.47. The second-order valence-corrected chi connectivity index (χ2v) is 7.78. The van der Waals surface area contributed by atoms with Crippen molar-refractivity contribution >= 4 is 35.0 Å². The van der Waals surface area contributed by atoms with Crippen molar-refractivity contribution in [2.75, 3.05) is 17.6 Å².